The van der Waals surface area contributed by atoms with Crippen LogP contribution in [0.4, 0.5) is 0 Å². The van der Waals surface area contributed by atoms with Crippen LogP contribution >= 0.6 is 11.6 Å². The van der Waals surface area contributed by atoms with Crippen molar-refractivity contribution in [1.29, 1.82) is 0 Å². The van der Waals surface area contributed by atoms with Gasteiger partial charge in [-0.25, -0.2) is 0 Å². The minimum absolute atomic E-state index is 0.0943. The van der Waals surface area contributed by atoms with Crippen LogP contribution in [-0.4, -0.2) is 60.7 Å². The molecule has 0 fully saturated rings. The fraction of sp³-hybridized carbons (Fsp3) is 0.360. The van der Waals surface area contributed by atoms with Crippen molar-refractivity contribution in [1.82, 2.24) is 14.8 Å². The summed E-state index contributed by atoms with van der Waals surface area (Å²) in [5, 5.41) is 2.45. The van der Waals surface area contributed by atoms with Crippen molar-refractivity contribution in [2.45, 2.75) is 38.1 Å². The first-order valence-electron chi connectivity index (χ1n) is 10.9. The molecule has 1 aliphatic rings. The number of alkyl halides is 1. The van der Waals surface area contributed by atoms with E-state index in [0.717, 1.165) is 27.7 Å². The second kappa shape index (κ2) is 8.41. The molecule has 32 heavy (non-hydrogen) atoms. The van der Waals surface area contributed by atoms with Gasteiger partial charge in [0.05, 0.1) is 14.1 Å². The van der Waals surface area contributed by atoms with Crippen LogP contribution in [0.5, 0.6) is 0 Å². The molecular weight excluding hydrogens is 438 g/mol. The van der Waals surface area contributed by atoms with Gasteiger partial charge in [-0.1, -0.05) is 67.3 Å². The summed E-state index contributed by atoms with van der Waals surface area (Å²) >= 11 is 6.06. The average Bonchev–Trinajstić information content (AvgIpc) is 3.14. The molecule has 0 unspecified atom stereocenters. The minimum atomic E-state index is -1.47. The molecule has 0 bridgehead atoms. The number of hydrogen-bond acceptors (Lipinski definition) is 2. The SMILES string of the molecule is CN(C)C(=O)[C@H]1Cc2c([nH]c3ccccc23)[C@H](c2ccc([Si](C)(C)C)cc2)N1C(=O)CCl. The molecule has 0 spiro atoms. The largest absolute Gasteiger partial charge is 0.356 e. The number of H-pyrrole nitrogens is 1. The monoisotopic (exact) mass is 467 g/mol. The molecule has 0 aliphatic carbocycles. The van der Waals surface area contributed by atoms with Crippen LogP contribution in [0.3, 0.4) is 0 Å². The number of hydrogen-bond donors (Lipinski definition) is 1. The smallest absolute Gasteiger partial charge is 0.245 e. The molecule has 1 aliphatic heterocycles. The number of carbonyl (C=O) groups excluding carboxylic acids is 2. The first-order chi connectivity index (χ1) is 15.1. The van der Waals surface area contributed by atoms with Crippen molar-refractivity contribution >= 4 is 47.6 Å². The van der Waals surface area contributed by atoms with Crippen LogP contribution < -0.4 is 5.19 Å². The molecule has 7 heteroatoms. The van der Waals surface area contributed by atoms with Gasteiger partial charge >= 0.3 is 0 Å². The van der Waals surface area contributed by atoms with E-state index in [0.29, 0.717) is 6.42 Å². The van der Waals surface area contributed by atoms with Gasteiger partial charge in [-0.15, -0.1) is 11.6 Å². The molecule has 0 saturated heterocycles. The van der Waals surface area contributed by atoms with Crippen LogP contribution in [0, 0.1) is 0 Å². The maximum absolute atomic E-state index is 13.2. The quantitative estimate of drug-likeness (QED) is 0.467. The summed E-state index contributed by atoms with van der Waals surface area (Å²) in [6.45, 7) is 6.94. The van der Waals surface area contributed by atoms with Crippen molar-refractivity contribution in [3.63, 3.8) is 0 Å². The van der Waals surface area contributed by atoms with Crippen molar-refractivity contribution in [2.24, 2.45) is 0 Å². The lowest BCUT2D eigenvalue weighted by molar-refractivity contribution is -0.145. The molecule has 2 heterocycles. The maximum atomic E-state index is 13.2. The van der Waals surface area contributed by atoms with Gasteiger partial charge < -0.3 is 14.8 Å². The second-order valence-electron chi connectivity index (χ2n) is 9.72. The lowest BCUT2D eigenvalue weighted by Gasteiger charge is -2.42. The predicted molar refractivity (Wildman–Crippen MR) is 133 cm³/mol. The normalized spacial score (nSPS) is 18.5. The van der Waals surface area contributed by atoms with E-state index >= 15 is 0 Å². The molecular formula is C25H30ClN3O2Si. The Morgan fingerprint density at radius 3 is 2.34 bits per heavy atom. The first-order valence-corrected chi connectivity index (χ1v) is 14.9. The Kier molecular flexibility index (Phi) is 5.94. The zero-order valence-electron chi connectivity index (χ0n) is 19.3. The molecule has 168 valence electrons. The molecule has 2 amide bonds. The van der Waals surface area contributed by atoms with Crippen molar-refractivity contribution in [3.05, 3.63) is 65.4 Å². The highest BCUT2D eigenvalue weighted by atomic mass is 35.5. The number of aromatic nitrogens is 1. The zero-order chi connectivity index (χ0) is 23.2. The fourth-order valence-corrected chi connectivity index (χ4v) is 5.97. The predicted octanol–water partition coefficient (Wildman–Crippen LogP) is 3.88. The molecule has 1 aromatic heterocycles. The van der Waals surface area contributed by atoms with Crippen LogP contribution in [0.25, 0.3) is 10.9 Å². The Bertz CT molecular complexity index is 1160. The van der Waals surface area contributed by atoms with Gasteiger partial charge in [0.25, 0.3) is 0 Å². The summed E-state index contributed by atoms with van der Waals surface area (Å²) < 4.78 is 0. The van der Waals surface area contributed by atoms with Gasteiger partial charge in [-0.2, -0.15) is 0 Å². The Morgan fingerprint density at radius 2 is 1.75 bits per heavy atom. The highest BCUT2D eigenvalue weighted by molar-refractivity contribution is 6.88. The van der Waals surface area contributed by atoms with Crippen molar-refractivity contribution in [3.8, 4) is 0 Å². The minimum Gasteiger partial charge on any atom is -0.356 e. The average molecular weight is 468 g/mol. The molecule has 3 aromatic rings. The summed E-state index contributed by atoms with van der Waals surface area (Å²) in [4.78, 5) is 33.2. The van der Waals surface area contributed by atoms with E-state index in [4.69, 9.17) is 11.6 Å². The Labute approximate surface area is 195 Å². The third kappa shape index (κ3) is 3.86. The van der Waals surface area contributed by atoms with Gasteiger partial charge in [-0.05, 0) is 17.2 Å². The number of nitrogens with zero attached hydrogens (tertiary/aromatic N) is 2. The zero-order valence-corrected chi connectivity index (χ0v) is 21.0. The van der Waals surface area contributed by atoms with E-state index in [2.05, 4.69) is 55.0 Å². The Balaban J connectivity index is 1.94. The van der Waals surface area contributed by atoms with Crippen LogP contribution in [-0.2, 0) is 16.0 Å². The van der Waals surface area contributed by atoms with Gasteiger partial charge in [0, 0.05) is 37.1 Å². The summed E-state index contributed by atoms with van der Waals surface area (Å²) in [7, 11) is 1.99. The number of likely N-dealkylation sites (N-methyl/N-ethyl adjacent to an activating group) is 1. The molecule has 2 aromatic carbocycles. The molecule has 4 rings (SSSR count). The number of aromatic amines is 1. The van der Waals surface area contributed by atoms with E-state index in [1.165, 1.54) is 5.19 Å². The van der Waals surface area contributed by atoms with Crippen LogP contribution in [0.1, 0.15) is 22.9 Å². The van der Waals surface area contributed by atoms with Crippen LogP contribution in [0.15, 0.2) is 48.5 Å². The summed E-state index contributed by atoms with van der Waals surface area (Å²) in [6, 6.07) is 15.7. The highest BCUT2D eigenvalue weighted by Gasteiger charge is 2.43. The first kappa shape index (κ1) is 22.6. The standard InChI is InChI=1S/C25H30ClN3O2Si/c1-28(2)25(31)21-14-19-18-8-6-7-9-20(18)27-23(19)24(29(21)22(30)15-26)16-10-12-17(13-11-16)32(3,4)5/h6-13,21,24,27H,14-15H2,1-5H3/t21-,24+/m1/s1. The van der Waals surface area contributed by atoms with Gasteiger partial charge in [0.1, 0.15) is 11.9 Å². The number of para-hydroxylation sites is 1. The number of halogens is 1. The number of amides is 2. The number of carbonyl (C=O) groups is 2. The van der Waals surface area contributed by atoms with E-state index in [-0.39, 0.29) is 17.7 Å². The lowest BCUT2D eigenvalue weighted by atomic mass is 9.87. The molecule has 1 N–H and O–H groups in total. The number of benzene rings is 2. The summed E-state index contributed by atoms with van der Waals surface area (Å²) in [5.41, 5.74) is 4.05. The van der Waals surface area contributed by atoms with Gasteiger partial charge in [0.15, 0.2) is 0 Å². The Morgan fingerprint density at radius 1 is 1.09 bits per heavy atom. The number of nitrogens with one attached hydrogen (secondary N) is 1. The Hall–Kier alpha value is -2.57. The third-order valence-electron chi connectivity index (χ3n) is 6.35. The van der Waals surface area contributed by atoms with Crippen molar-refractivity contribution in [2.75, 3.05) is 20.0 Å². The molecule has 2 atom stereocenters. The van der Waals surface area contributed by atoms with Gasteiger partial charge in [-0.3, -0.25) is 9.59 Å². The maximum Gasteiger partial charge on any atom is 0.245 e. The second-order valence-corrected chi connectivity index (χ2v) is 15.1. The topological polar surface area (TPSA) is 56.4 Å². The number of rotatable bonds is 4. The lowest BCUT2D eigenvalue weighted by Crippen LogP contribution is -2.54. The van der Waals surface area contributed by atoms with E-state index in [9.17, 15) is 9.59 Å². The molecule has 0 radical (unpaired) electrons. The van der Waals surface area contributed by atoms with E-state index < -0.39 is 20.2 Å². The fourth-order valence-electron chi connectivity index (χ4n) is 4.67. The highest BCUT2D eigenvalue weighted by Crippen LogP contribution is 2.41. The third-order valence-corrected chi connectivity index (χ3v) is 8.65. The van der Waals surface area contributed by atoms with Gasteiger partial charge in [0.2, 0.25) is 11.8 Å². The summed E-state index contributed by atoms with van der Waals surface area (Å²) in [5.74, 6) is -0.505. The van der Waals surface area contributed by atoms with E-state index in [1.54, 1.807) is 23.9 Å². The number of fused-ring (bicyclic) bond motifs is 3. The van der Waals surface area contributed by atoms with Crippen LogP contribution in [0.2, 0.25) is 19.6 Å². The van der Waals surface area contributed by atoms with E-state index in [1.807, 2.05) is 18.2 Å². The summed E-state index contributed by atoms with van der Waals surface area (Å²) in [6.07, 6.45) is 0.461. The van der Waals surface area contributed by atoms with Crippen molar-refractivity contribution < 1.29 is 9.59 Å². The molecule has 5 nitrogen and oxygen atoms in total. The molecule has 0 saturated carbocycles.